The first-order valence-corrected chi connectivity index (χ1v) is 7.55. The quantitative estimate of drug-likeness (QED) is 0.845. The average molecular weight is 267 g/mol. The molecule has 3 unspecified atom stereocenters. The van der Waals surface area contributed by atoms with E-state index < -0.39 is 0 Å². The van der Waals surface area contributed by atoms with E-state index in [2.05, 4.69) is 60.5 Å². The summed E-state index contributed by atoms with van der Waals surface area (Å²) >= 11 is 0. The Bertz CT molecular complexity index is 591. The number of nitrogens with zero attached hydrogens (tertiary/aromatic N) is 1. The van der Waals surface area contributed by atoms with Crippen LogP contribution in [0, 0.1) is 0 Å². The maximum absolute atomic E-state index is 10.5. The molecule has 2 heteroatoms. The van der Waals surface area contributed by atoms with Crippen molar-refractivity contribution in [2.24, 2.45) is 0 Å². The fraction of sp³-hybridized carbons (Fsp3) is 0.444. The summed E-state index contributed by atoms with van der Waals surface area (Å²) in [6.07, 6.45) is 10.7. The van der Waals surface area contributed by atoms with Crippen LogP contribution >= 0.6 is 0 Å². The minimum Gasteiger partial charge on any atom is -0.393 e. The predicted molar refractivity (Wildman–Crippen MR) is 80.3 cm³/mol. The third-order valence-electron chi connectivity index (χ3n) is 5.59. The maximum Gasteiger partial charge on any atom is 0.0681 e. The smallest absolute Gasteiger partial charge is 0.0681 e. The Labute approximate surface area is 120 Å². The van der Waals surface area contributed by atoms with E-state index in [1.54, 1.807) is 0 Å². The van der Waals surface area contributed by atoms with E-state index in [0.717, 1.165) is 25.7 Å². The SMILES string of the molecule is CN1C23CCC=CC2=CC1(c1ccccc1)CC(O)C3. The zero-order valence-electron chi connectivity index (χ0n) is 11.9. The highest BCUT2D eigenvalue weighted by atomic mass is 16.3. The fourth-order valence-corrected chi connectivity index (χ4v) is 4.61. The van der Waals surface area contributed by atoms with Gasteiger partial charge in [-0.2, -0.15) is 0 Å². The van der Waals surface area contributed by atoms with Crippen molar-refractivity contribution in [1.82, 2.24) is 4.90 Å². The molecule has 2 nitrogen and oxygen atoms in total. The van der Waals surface area contributed by atoms with Gasteiger partial charge in [0.2, 0.25) is 0 Å². The molecule has 1 saturated heterocycles. The molecular weight excluding hydrogens is 246 g/mol. The van der Waals surface area contributed by atoms with Crippen LogP contribution in [0.5, 0.6) is 0 Å². The second kappa shape index (κ2) is 4.06. The van der Waals surface area contributed by atoms with Crippen LogP contribution in [0.15, 0.2) is 54.1 Å². The summed E-state index contributed by atoms with van der Waals surface area (Å²) in [6.45, 7) is 0. The predicted octanol–water partition coefficient (Wildman–Crippen LogP) is 3.00. The summed E-state index contributed by atoms with van der Waals surface area (Å²) in [4.78, 5) is 2.53. The third kappa shape index (κ3) is 1.41. The molecular formula is C18H21NO. The van der Waals surface area contributed by atoms with Crippen molar-refractivity contribution in [3.63, 3.8) is 0 Å². The molecule has 3 atom stereocenters. The number of likely N-dealkylation sites (N-methyl/N-ethyl adjacent to an activating group) is 1. The first-order chi connectivity index (χ1) is 9.67. The summed E-state index contributed by atoms with van der Waals surface area (Å²) in [7, 11) is 2.24. The van der Waals surface area contributed by atoms with Crippen LogP contribution < -0.4 is 0 Å². The maximum atomic E-state index is 10.5. The molecule has 1 spiro atoms. The van der Waals surface area contributed by atoms with Gasteiger partial charge in [0.15, 0.2) is 0 Å². The van der Waals surface area contributed by atoms with Gasteiger partial charge < -0.3 is 5.11 Å². The molecule has 1 aromatic carbocycles. The van der Waals surface area contributed by atoms with E-state index in [1.807, 2.05) is 0 Å². The molecule has 1 aromatic rings. The normalized spacial score (nSPS) is 39.5. The summed E-state index contributed by atoms with van der Waals surface area (Å²) in [5.74, 6) is 0. The lowest BCUT2D eigenvalue weighted by Gasteiger charge is -2.53. The van der Waals surface area contributed by atoms with Crippen molar-refractivity contribution in [3.8, 4) is 0 Å². The Hall–Kier alpha value is -1.38. The van der Waals surface area contributed by atoms with Gasteiger partial charge in [0.25, 0.3) is 0 Å². The van der Waals surface area contributed by atoms with Gasteiger partial charge in [0.1, 0.15) is 0 Å². The van der Waals surface area contributed by atoms with Gasteiger partial charge in [-0.05, 0) is 43.9 Å². The fourth-order valence-electron chi connectivity index (χ4n) is 4.61. The van der Waals surface area contributed by atoms with Crippen molar-refractivity contribution >= 4 is 0 Å². The molecule has 2 aliphatic heterocycles. The van der Waals surface area contributed by atoms with Crippen molar-refractivity contribution in [2.45, 2.75) is 42.9 Å². The molecule has 20 heavy (non-hydrogen) atoms. The zero-order chi connectivity index (χ0) is 13.8. The number of allylic oxidation sites excluding steroid dienone is 1. The second-order valence-corrected chi connectivity index (χ2v) is 6.48. The molecule has 1 fully saturated rings. The first kappa shape index (κ1) is 12.4. The van der Waals surface area contributed by atoms with Crippen LogP contribution in [0.4, 0.5) is 0 Å². The van der Waals surface area contributed by atoms with E-state index in [1.165, 1.54) is 11.1 Å². The van der Waals surface area contributed by atoms with Crippen molar-refractivity contribution < 1.29 is 5.11 Å². The number of rotatable bonds is 1. The molecule has 3 aliphatic rings. The highest BCUT2D eigenvalue weighted by Crippen LogP contribution is 2.56. The summed E-state index contributed by atoms with van der Waals surface area (Å²) in [5.41, 5.74) is 2.62. The van der Waals surface area contributed by atoms with Crippen LogP contribution in [0.1, 0.15) is 31.2 Å². The van der Waals surface area contributed by atoms with Crippen LogP contribution in [-0.2, 0) is 5.54 Å². The van der Waals surface area contributed by atoms with E-state index in [9.17, 15) is 5.11 Å². The summed E-state index contributed by atoms with van der Waals surface area (Å²) < 4.78 is 0. The topological polar surface area (TPSA) is 23.5 Å². The largest absolute Gasteiger partial charge is 0.393 e. The zero-order valence-corrected chi connectivity index (χ0v) is 11.9. The Morgan fingerprint density at radius 2 is 2.00 bits per heavy atom. The highest BCUT2D eigenvalue weighted by Gasteiger charge is 2.58. The van der Waals surface area contributed by atoms with Crippen LogP contribution in [-0.4, -0.2) is 28.7 Å². The van der Waals surface area contributed by atoms with Crippen molar-refractivity contribution in [1.29, 1.82) is 0 Å². The number of aliphatic hydroxyl groups is 1. The molecule has 2 bridgehead atoms. The Kier molecular flexibility index (Phi) is 2.51. The lowest BCUT2D eigenvalue weighted by atomic mass is 9.73. The third-order valence-corrected chi connectivity index (χ3v) is 5.59. The first-order valence-electron chi connectivity index (χ1n) is 7.55. The van der Waals surface area contributed by atoms with Gasteiger partial charge in [-0.25, -0.2) is 0 Å². The number of benzene rings is 1. The van der Waals surface area contributed by atoms with Gasteiger partial charge >= 0.3 is 0 Å². The van der Waals surface area contributed by atoms with Crippen LogP contribution in [0.25, 0.3) is 0 Å². The Balaban J connectivity index is 1.92. The standard InChI is InChI=1S/C18H21NO/c1-19-17-10-6-5-9-15(17)11-18(19,13-16(20)12-17)14-7-3-2-4-8-14/h2-5,7-9,11,16,20H,6,10,12-13H2,1H3. The van der Waals surface area contributed by atoms with Crippen molar-refractivity contribution in [3.05, 3.63) is 59.7 Å². The number of hydrogen-bond donors (Lipinski definition) is 1. The van der Waals surface area contributed by atoms with Gasteiger partial charge in [0.05, 0.1) is 11.6 Å². The molecule has 1 N–H and O–H groups in total. The number of piperidine rings is 1. The molecule has 0 amide bonds. The monoisotopic (exact) mass is 267 g/mol. The molecule has 104 valence electrons. The molecule has 0 aromatic heterocycles. The number of fused-ring (bicyclic) bond motifs is 1. The summed E-state index contributed by atoms with van der Waals surface area (Å²) in [5, 5.41) is 10.5. The molecule has 4 rings (SSSR count). The van der Waals surface area contributed by atoms with E-state index in [-0.39, 0.29) is 17.2 Å². The Morgan fingerprint density at radius 1 is 1.20 bits per heavy atom. The highest BCUT2D eigenvalue weighted by molar-refractivity contribution is 5.49. The van der Waals surface area contributed by atoms with Crippen molar-refractivity contribution in [2.75, 3.05) is 7.05 Å². The molecule has 0 saturated carbocycles. The number of hydrogen-bond acceptors (Lipinski definition) is 2. The van der Waals surface area contributed by atoms with Crippen LogP contribution in [0.3, 0.4) is 0 Å². The lowest BCUT2D eigenvalue weighted by Crippen LogP contribution is -2.59. The lowest BCUT2D eigenvalue weighted by molar-refractivity contribution is -0.0473. The minimum atomic E-state index is -0.216. The minimum absolute atomic E-state index is 0.0439. The van der Waals surface area contributed by atoms with E-state index >= 15 is 0 Å². The van der Waals surface area contributed by atoms with Gasteiger partial charge in [-0.15, -0.1) is 0 Å². The number of aliphatic hydroxyl groups excluding tert-OH is 1. The molecule has 2 heterocycles. The average Bonchev–Trinajstić information content (AvgIpc) is 2.62. The van der Waals surface area contributed by atoms with Gasteiger partial charge in [-0.1, -0.05) is 48.6 Å². The van der Waals surface area contributed by atoms with E-state index in [4.69, 9.17) is 0 Å². The van der Waals surface area contributed by atoms with Gasteiger partial charge in [0, 0.05) is 5.54 Å². The molecule has 0 radical (unpaired) electrons. The van der Waals surface area contributed by atoms with Gasteiger partial charge in [-0.3, -0.25) is 4.90 Å². The second-order valence-electron chi connectivity index (χ2n) is 6.48. The summed E-state index contributed by atoms with van der Waals surface area (Å²) in [6, 6.07) is 10.6. The van der Waals surface area contributed by atoms with Crippen LogP contribution in [0.2, 0.25) is 0 Å². The van der Waals surface area contributed by atoms with E-state index in [0.29, 0.717) is 0 Å². The molecule has 1 aliphatic carbocycles. The Morgan fingerprint density at radius 3 is 2.80 bits per heavy atom.